The van der Waals surface area contributed by atoms with Gasteiger partial charge in [-0.25, -0.2) is 8.42 Å². The number of hydrogen-bond donors (Lipinski definition) is 1. The molecule has 0 bridgehead atoms. The Hall–Kier alpha value is -1.37. The molecule has 118 valence electrons. The van der Waals surface area contributed by atoms with Gasteiger partial charge in [0.1, 0.15) is 10.6 Å². The van der Waals surface area contributed by atoms with Crippen molar-refractivity contribution in [3.8, 4) is 5.75 Å². The first-order valence-electron chi connectivity index (χ1n) is 6.81. The molecule has 0 amide bonds. The molecular formula is C15H24N2O3S. The van der Waals surface area contributed by atoms with Crippen LogP contribution in [0.25, 0.3) is 0 Å². The molecule has 0 aromatic heterocycles. The lowest BCUT2D eigenvalue weighted by atomic mass is 10.2. The molecule has 0 spiro atoms. The van der Waals surface area contributed by atoms with Crippen molar-refractivity contribution in [1.29, 1.82) is 0 Å². The van der Waals surface area contributed by atoms with Gasteiger partial charge in [-0.05, 0) is 31.2 Å². The molecule has 1 aromatic carbocycles. The minimum absolute atomic E-state index is 0.175. The molecule has 21 heavy (non-hydrogen) atoms. The zero-order valence-corrected chi connectivity index (χ0v) is 14.0. The van der Waals surface area contributed by atoms with Gasteiger partial charge in [0.25, 0.3) is 0 Å². The summed E-state index contributed by atoms with van der Waals surface area (Å²) in [5.41, 5.74) is 1.76. The van der Waals surface area contributed by atoms with Gasteiger partial charge in [-0.3, -0.25) is 0 Å². The third-order valence-electron chi connectivity index (χ3n) is 2.99. The van der Waals surface area contributed by atoms with Crippen molar-refractivity contribution in [2.45, 2.75) is 25.3 Å². The molecule has 1 rings (SSSR count). The Balaban J connectivity index is 3.14. The Morgan fingerprint density at radius 2 is 2.10 bits per heavy atom. The standard InChI is InChI=1S/C15H24N2O3S/c1-6-16-10-13-7-8-15(14(9-13)20-5)21(18,19)17(4)11-12(2)3/h7-9,16H,2,6,10-11H2,1,3-5H3. The second-order valence-electron chi connectivity index (χ2n) is 4.98. The number of nitrogens with one attached hydrogen (secondary N) is 1. The average Bonchev–Trinajstić information content (AvgIpc) is 2.43. The van der Waals surface area contributed by atoms with E-state index in [1.807, 2.05) is 6.92 Å². The van der Waals surface area contributed by atoms with Crippen molar-refractivity contribution < 1.29 is 13.2 Å². The number of rotatable bonds is 8. The second-order valence-corrected chi connectivity index (χ2v) is 7.00. The molecule has 1 N–H and O–H groups in total. The highest BCUT2D eigenvalue weighted by Gasteiger charge is 2.24. The van der Waals surface area contributed by atoms with Crippen LogP contribution in [0.15, 0.2) is 35.2 Å². The molecule has 0 aliphatic heterocycles. The predicted molar refractivity (Wildman–Crippen MR) is 85.0 cm³/mol. The number of benzene rings is 1. The summed E-state index contributed by atoms with van der Waals surface area (Å²) in [6.07, 6.45) is 0. The van der Waals surface area contributed by atoms with E-state index in [-0.39, 0.29) is 11.4 Å². The molecule has 0 saturated heterocycles. The molecule has 0 radical (unpaired) electrons. The molecular weight excluding hydrogens is 288 g/mol. The Morgan fingerprint density at radius 1 is 1.43 bits per heavy atom. The van der Waals surface area contributed by atoms with Gasteiger partial charge in [-0.1, -0.05) is 25.1 Å². The summed E-state index contributed by atoms with van der Waals surface area (Å²) < 4.78 is 31.7. The second kappa shape index (κ2) is 7.59. The predicted octanol–water partition coefficient (Wildman–Crippen LogP) is 2.00. The van der Waals surface area contributed by atoms with E-state index in [0.717, 1.165) is 17.7 Å². The number of ether oxygens (including phenoxy) is 1. The molecule has 0 unspecified atom stereocenters. The number of sulfonamides is 1. The van der Waals surface area contributed by atoms with Crippen LogP contribution >= 0.6 is 0 Å². The Kier molecular flexibility index (Phi) is 6.39. The lowest BCUT2D eigenvalue weighted by Crippen LogP contribution is -2.28. The summed E-state index contributed by atoms with van der Waals surface area (Å²) in [7, 11) is -0.573. The van der Waals surface area contributed by atoms with Crippen LogP contribution < -0.4 is 10.1 Å². The number of nitrogens with zero attached hydrogens (tertiary/aromatic N) is 1. The van der Waals surface area contributed by atoms with E-state index in [2.05, 4.69) is 11.9 Å². The largest absolute Gasteiger partial charge is 0.495 e. The lowest BCUT2D eigenvalue weighted by molar-refractivity contribution is 0.398. The summed E-state index contributed by atoms with van der Waals surface area (Å²) in [4.78, 5) is 0.175. The number of hydrogen-bond acceptors (Lipinski definition) is 4. The zero-order chi connectivity index (χ0) is 16.0. The van der Waals surface area contributed by atoms with Gasteiger partial charge in [0.2, 0.25) is 10.0 Å². The zero-order valence-electron chi connectivity index (χ0n) is 13.1. The minimum Gasteiger partial charge on any atom is -0.495 e. The highest BCUT2D eigenvalue weighted by molar-refractivity contribution is 7.89. The molecule has 0 atom stereocenters. The van der Waals surface area contributed by atoms with Crippen molar-refractivity contribution >= 4 is 10.0 Å². The molecule has 6 heteroatoms. The van der Waals surface area contributed by atoms with Gasteiger partial charge < -0.3 is 10.1 Å². The maximum absolute atomic E-state index is 12.6. The summed E-state index contributed by atoms with van der Waals surface area (Å²) >= 11 is 0. The maximum atomic E-state index is 12.6. The SMILES string of the molecule is C=C(C)CN(C)S(=O)(=O)c1ccc(CNCC)cc1OC. The summed E-state index contributed by atoms with van der Waals surface area (Å²) in [6, 6.07) is 5.15. The lowest BCUT2D eigenvalue weighted by Gasteiger charge is -2.19. The van der Waals surface area contributed by atoms with E-state index in [1.54, 1.807) is 25.1 Å². The van der Waals surface area contributed by atoms with Crippen LogP contribution in [0.3, 0.4) is 0 Å². The van der Waals surface area contributed by atoms with E-state index in [0.29, 0.717) is 12.3 Å². The first-order valence-corrected chi connectivity index (χ1v) is 8.25. The minimum atomic E-state index is -3.59. The Morgan fingerprint density at radius 3 is 2.62 bits per heavy atom. The topological polar surface area (TPSA) is 58.6 Å². The third-order valence-corrected chi connectivity index (χ3v) is 4.83. The van der Waals surface area contributed by atoms with Crippen molar-refractivity contribution in [2.24, 2.45) is 0 Å². The first kappa shape index (κ1) is 17.7. The highest BCUT2D eigenvalue weighted by atomic mass is 32.2. The maximum Gasteiger partial charge on any atom is 0.246 e. The van der Waals surface area contributed by atoms with E-state index in [1.165, 1.54) is 18.5 Å². The van der Waals surface area contributed by atoms with E-state index < -0.39 is 10.0 Å². The van der Waals surface area contributed by atoms with Gasteiger partial charge in [-0.15, -0.1) is 0 Å². The summed E-state index contributed by atoms with van der Waals surface area (Å²) in [5, 5.41) is 3.20. The molecule has 0 heterocycles. The molecule has 0 saturated carbocycles. The van der Waals surface area contributed by atoms with Crippen LogP contribution in [0.4, 0.5) is 0 Å². The van der Waals surface area contributed by atoms with Crippen molar-refractivity contribution in [2.75, 3.05) is 27.2 Å². The van der Waals surface area contributed by atoms with Gasteiger partial charge in [0.15, 0.2) is 0 Å². The Labute approximate surface area is 127 Å². The number of methoxy groups -OCH3 is 1. The van der Waals surface area contributed by atoms with E-state index >= 15 is 0 Å². The van der Waals surface area contributed by atoms with Crippen LogP contribution in [0.2, 0.25) is 0 Å². The molecule has 0 fully saturated rings. The monoisotopic (exact) mass is 312 g/mol. The highest BCUT2D eigenvalue weighted by Crippen LogP contribution is 2.27. The van der Waals surface area contributed by atoms with Crippen molar-refractivity contribution in [1.82, 2.24) is 9.62 Å². The first-order chi connectivity index (χ1) is 9.82. The number of likely N-dealkylation sites (N-methyl/N-ethyl adjacent to an activating group) is 1. The molecule has 5 nitrogen and oxygen atoms in total. The fourth-order valence-electron chi connectivity index (χ4n) is 1.94. The smallest absolute Gasteiger partial charge is 0.246 e. The molecule has 0 aliphatic rings. The summed E-state index contributed by atoms with van der Waals surface area (Å²) in [5.74, 6) is 0.360. The van der Waals surface area contributed by atoms with Gasteiger partial charge >= 0.3 is 0 Å². The summed E-state index contributed by atoms with van der Waals surface area (Å²) in [6.45, 7) is 9.37. The van der Waals surface area contributed by atoms with Gasteiger partial charge in [-0.2, -0.15) is 4.31 Å². The van der Waals surface area contributed by atoms with E-state index in [4.69, 9.17) is 4.74 Å². The van der Waals surface area contributed by atoms with Gasteiger partial charge in [0, 0.05) is 20.1 Å². The quantitative estimate of drug-likeness (QED) is 0.746. The van der Waals surface area contributed by atoms with Crippen molar-refractivity contribution in [3.63, 3.8) is 0 Å². The van der Waals surface area contributed by atoms with Crippen LogP contribution in [-0.4, -0.2) is 40.0 Å². The van der Waals surface area contributed by atoms with Crippen LogP contribution in [0, 0.1) is 0 Å². The van der Waals surface area contributed by atoms with Crippen LogP contribution in [-0.2, 0) is 16.6 Å². The van der Waals surface area contributed by atoms with Crippen LogP contribution in [0.1, 0.15) is 19.4 Å². The van der Waals surface area contributed by atoms with E-state index in [9.17, 15) is 8.42 Å². The fourth-order valence-corrected chi connectivity index (χ4v) is 3.30. The van der Waals surface area contributed by atoms with Gasteiger partial charge in [0.05, 0.1) is 7.11 Å². The molecule has 1 aromatic rings. The normalized spacial score (nSPS) is 11.7. The fraction of sp³-hybridized carbons (Fsp3) is 0.467. The van der Waals surface area contributed by atoms with Crippen LogP contribution in [0.5, 0.6) is 5.75 Å². The Bertz CT molecular complexity index is 597. The molecule has 0 aliphatic carbocycles. The average molecular weight is 312 g/mol. The van der Waals surface area contributed by atoms with Crippen molar-refractivity contribution in [3.05, 3.63) is 35.9 Å². The third kappa shape index (κ3) is 4.56.